The van der Waals surface area contributed by atoms with E-state index in [1.54, 1.807) is 11.1 Å². The Morgan fingerprint density at radius 3 is 2.67 bits per heavy atom. The molecule has 0 saturated heterocycles. The zero-order valence-electron chi connectivity index (χ0n) is 14.0. The van der Waals surface area contributed by atoms with E-state index in [0.717, 1.165) is 17.8 Å². The van der Waals surface area contributed by atoms with Gasteiger partial charge in [-0.3, -0.25) is 0 Å². The molecule has 2 saturated carbocycles. The van der Waals surface area contributed by atoms with E-state index in [4.69, 9.17) is 0 Å². The molecule has 0 amide bonds. The molecule has 0 spiro atoms. The molecule has 0 aromatic rings. The predicted octanol–water partition coefficient (Wildman–Crippen LogP) is 6.06. The lowest BCUT2D eigenvalue weighted by Crippen LogP contribution is -2.49. The smallest absolute Gasteiger partial charge is 0.00790 e. The number of fused-ring (bicyclic) bond motifs is 5. The summed E-state index contributed by atoms with van der Waals surface area (Å²) >= 11 is 0. The van der Waals surface area contributed by atoms with Crippen LogP contribution >= 0.6 is 0 Å². The van der Waals surface area contributed by atoms with Crippen molar-refractivity contribution in [2.75, 3.05) is 0 Å². The van der Waals surface area contributed by atoms with Crippen LogP contribution in [0.15, 0.2) is 35.5 Å². The number of allylic oxidation sites excluding steroid dienone is 5. The highest BCUT2D eigenvalue weighted by Gasteiger charge is 2.55. The molecule has 4 aliphatic rings. The standard InChI is InChI=1S/C21H30/c1-14-9-11-21(4)16(13-14)6-7-17-18-8-5-15(2)20(18,3)12-10-19(17)21/h5,13,17-19H,1,6-12H2,2-4H3. The lowest BCUT2D eigenvalue weighted by Gasteiger charge is -2.58. The van der Waals surface area contributed by atoms with E-state index >= 15 is 0 Å². The molecule has 0 bridgehead atoms. The van der Waals surface area contributed by atoms with Crippen molar-refractivity contribution in [1.29, 1.82) is 0 Å². The third-order valence-corrected chi connectivity index (χ3v) is 8.05. The third kappa shape index (κ3) is 1.74. The zero-order valence-corrected chi connectivity index (χ0v) is 14.0. The van der Waals surface area contributed by atoms with Gasteiger partial charge in [0.1, 0.15) is 0 Å². The second-order valence-electron chi connectivity index (χ2n) is 8.74. The first-order chi connectivity index (χ1) is 9.95. The van der Waals surface area contributed by atoms with Crippen LogP contribution < -0.4 is 0 Å². The van der Waals surface area contributed by atoms with Gasteiger partial charge in [0, 0.05) is 0 Å². The highest BCUT2D eigenvalue weighted by Crippen LogP contribution is 2.65. The summed E-state index contributed by atoms with van der Waals surface area (Å²) < 4.78 is 0. The summed E-state index contributed by atoms with van der Waals surface area (Å²) in [5, 5.41) is 0. The van der Waals surface area contributed by atoms with Crippen LogP contribution in [0.2, 0.25) is 0 Å². The van der Waals surface area contributed by atoms with Crippen LogP contribution in [0.4, 0.5) is 0 Å². The lowest BCUT2D eigenvalue weighted by molar-refractivity contribution is -0.0267. The highest BCUT2D eigenvalue weighted by molar-refractivity contribution is 5.34. The van der Waals surface area contributed by atoms with Crippen molar-refractivity contribution in [2.24, 2.45) is 28.6 Å². The first kappa shape index (κ1) is 13.9. The normalized spacial score (nSPS) is 48.9. The van der Waals surface area contributed by atoms with Gasteiger partial charge in [-0.2, -0.15) is 0 Å². The molecule has 2 fully saturated rings. The van der Waals surface area contributed by atoms with Crippen molar-refractivity contribution in [3.05, 3.63) is 35.5 Å². The quantitative estimate of drug-likeness (QED) is 0.474. The number of hydrogen-bond donors (Lipinski definition) is 0. The van der Waals surface area contributed by atoms with E-state index in [1.807, 2.05) is 0 Å². The van der Waals surface area contributed by atoms with Crippen LogP contribution in [0.1, 0.15) is 65.7 Å². The fraction of sp³-hybridized carbons (Fsp3) is 0.714. The van der Waals surface area contributed by atoms with E-state index in [9.17, 15) is 0 Å². The largest absolute Gasteiger partial charge is 0.0958 e. The van der Waals surface area contributed by atoms with Crippen molar-refractivity contribution < 1.29 is 0 Å². The Morgan fingerprint density at radius 1 is 1.05 bits per heavy atom. The molecule has 0 heterocycles. The van der Waals surface area contributed by atoms with Gasteiger partial charge in [0.25, 0.3) is 0 Å². The van der Waals surface area contributed by atoms with Crippen LogP contribution in [0, 0.1) is 28.6 Å². The summed E-state index contributed by atoms with van der Waals surface area (Å²) in [6.45, 7) is 11.8. The Bertz CT molecular complexity index is 548. The minimum atomic E-state index is 0.488. The summed E-state index contributed by atoms with van der Waals surface area (Å²) in [4.78, 5) is 0. The predicted molar refractivity (Wildman–Crippen MR) is 90.0 cm³/mol. The van der Waals surface area contributed by atoms with Gasteiger partial charge < -0.3 is 0 Å². The van der Waals surface area contributed by atoms with E-state index < -0.39 is 0 Å². The minimum absolute atomic E-state index is 0.488. The highest BCUT2D eigenvalue weighted by atomic mass is 14.6. The molecule has 114 valence electrons. The Balaban J connectivity index is 1.70. The number of hydrogen-bond acceptors (Lipinski definition) is 0. The summed E-state index contributed by atoms with van der Waals surface area (Å²) in [7, 11) is 0. The molecule has 0 radical (unpaired) electrons. The molecule has 5 unspecified atom stereocenters. The van der Waals surface area contributed by atoms with Gasteiger partial charge in [-0.25, -0.2) is 0 Å². The van der Waals surface area contributed by atoms with E-state index in [1.165, 1.54) is 50.5 Å². The second-order valence-corrected chi connectivity index (χ2v) is 8.74. The molecule has 0 aromatic heterocycles. The molecule has 0 heteroatoms. The summed E-state index contributed by atoms with van der Waals surface area (Å²) in [6, 6.07) is 0. The molecule has 4 rings (SSSR count). The topological polar surface area (TPSA) is 0 Å². The van der Waals surface area contributed by atoms with Gasteiger partial charge in [-0.15, -0.1) is 0 Å². The fourth-order valence-electron chi connectivity index (χ4n) is 6.43. The Morgan fingerprint density at radius 2 is 1.86 bits per heavy atom. The molecule has 0 N–H and O–H groups in total. The Hall–Kier alpha value is -0.780. The molecule has 0 nitrogen and oxygen atoms in total. The van der Waals surface area contributed by atoms with E-state index in [0.29, 0.717) is 10.8 Å². The average Bonchev–Trinajstić information content (AvgIpc) is 2.76. The summed E-state index contributed by atoms with van der Waals surface area (Å²) in [5.74, 6) is 2.83. The maximum Gasteiger partial charge on any atom is -0.00790 e. The molecule has 4 aliphatic carbocycles. The van der Waals surface area contributed by atoms with Gasteiger partial charge in [-0.1, -0.05) is 49.3 Å². The molecule has 21 heavy (non-hydrogen) atoms. The first-order valence-corrected chi connectivity index (χ1v) is 9.01. The second kappa shape index (κ2) is 4.37. The van der Waals surface area contributed by atoms with Gasteiger partial charge in [0.05, 0.1) is 0 Å². The SMILES string of the molecule is C=C1C=C2CCC3C4CC=C(C)C4(C)CCC3C2(C)CC1. The van der Waals surface area contributed by atoms with Crippen molar-refractivity contribution in [1.82, 2.24) is 0 Å². The minimum Gasteiger partial charge on any atom is -0.0958 e. The van der Waals surface area contributed by atoms with Crippen LogP contribution in [0.3, 0.4) is 0 Å². The van der Waals surface area contributed by atoms with Crippen molar-refractivity contribution in [3.63, 3.8) is 0 Å². The van der Waals surface area contributed by atoms with Gasteiger partial charge in [0.2, 0.25) is 0 Å². The van der Waals surface area contributed by atoms with Crippen molar-refractivity contribution in [3.8, 4) is 0 Å². The third-order valence-electron chi connectivity index (χ3n) is 8.05. The van der Waals surface area contributed by atoms with Crippen LogP contribution in [0.5, 0.6) is 0 Å². The van der Waals surface area contributed by atoms with Crippen LogP contribution in [0.25, 0.3) is 0 Å². The molecule has 0 aliphatic heterocycles. The van der Waals surface area contributed by atoms with Gasteiger partial charge in [0.15, 0.2) is 0 Å². The molecule has 5 atom stereocenters. The average molecular weight is 282 g/mol. The van der Waals surface area contributed by atoms with E-state index in [-0.39, 0.29) is 0 Å². The zero-order chi connectivity index (χ0) is 14.8. The van der Waals surface area contributed by atoms with Crippen LogP contribution in [-0.2, 0) is 0 Å². The monoisotopic (exact) mass is 282 g/mol. The van der Waals surface area contributed by atoms with Gasteiger partial charge in [-0.05, 0) is 80.5 Å². The first-order valence-electron chi connectivity index (χ1n) is 9.01. The fourth-order valence-corrected chi connectivity index (χ4v) is 6.43. The maximum atomic E-state index is 4.23. The Labute approximate surface area is 130 Å². The molecular formula is C21H30. The van der Waals surface area contributed by atoms with Crippen LogP contribution in [-0.4, -0.2) is 0 Å². The maximum absolute atomic E-state index is 4.23. The molecule has 0 aromatic carbocycles. The number of rotatable bonds is 0. The molecular weight excluding hydrogens is 252 g/mol. The lowest BCUT2D eigenvalue weighted by atomic mass is 9.47. The van der Waals surface area contributed by atoms with Crippen molar-refractivity contribution >= 4 is 0 Å². The summed E-state index contributed by atoms with van der Waals surface area (Å²) in [5.41, 5.74) is 5.82. The summed E-state index contributed by atoms with van der Waals surface area (Å²) in [6.07, 6.45) is 14.6. The van der Waals surface area contributed by atoms with Gasteiger partial charge >= 0.3 is 0 Å². The Kier molecular flexibility index (Phi) is 2.88. The van der Waals surface area contributed by atoms with E-state index in [2.05, 4.69) is 39.5 Å². The van der Waals surface area contributed by atoms with Crippen molar-refractivity contribution in [2.45, 2.75) is 65.7 Å².